The molecule has 0 fully saturated rings. The Bertz CT molecular complexity index is 1140. The van der Waals surface area contributed by atoms with Crippen molar-refractivity contribution in [1.29, 1.82) is 0 Å². The van der Waals surface area contributed by atoms with E-state index in [-0.39, 0.29) is 25.5 Å². The second kappa shape index (κ2) is 12.3. The number of carbonyl (C=O) groups is 2. The van der Waals surface area contributed by atoms with Gasteiger partial charge in [0.1, 0.15) is 17.6 Å². The third-order valence-corrected chi connectivity index (χ3v) is 5.76. The molecule has 0 unspecified atom stereocenters. The highest BCUT2D eigenvalue weighted by molar-refractivity contribution is 5.89. The van der Waals surface area contributed by atoms with Gasteiger partial charge in [-0.05, 0) is 56.5 Å². The van der Waals surface area contributed by atoms with Gasteiger partial charge in [0, 0.05) is 24.1 Å². The van der Waals surface area contributed by atoms with Crippen molar-refractivity contribution < 1.29 is 18.7 Å². The van der Waals surface area contributed by atoms with Crippen LogP contribution in [-0.2, 0) is 29.0 Å². The maximum absolute atomic E-state index is 14.6. The number of hydrogen-bond donors (Lipinski definition) is 1. The zero-order chi connectivity index (χ0) is 26.1. The Hall–Kier alpha value is -3.67. The van der Waals surface area contributed by atoms with Crippen molar-refractivity contribution in [1.82, 2.24) is 10.2 Å². The number of nitrogens with one attached hydrogen (secondary N) is 1. The number of hydrogen-bond acceptors (Lipinski definition) is 3. The highest BCUT2D eigenvalue weighted by Gasteiger charge is 2.32. The molecule has 0 radical (unpaired) electrons. The van der Waals surface area contributed by atoms with Gasteiger partial charge in [0.25, 0.3) is 5.91 Å². The Labute approximate surface area is 213 Å². The SMILES string of the molecule is CCc1ccc(OCC(=O)N(Cc2ccccc2F)[C@H](Cc2ccccc2)C(=O)NC(C)(C)C)cc1. The number of benzene rings is 3. The molecule has 0 aliphatic heterocycles. The van der Waals surface area contributed by atoms with E-state index in [4.69, 9.17) is 4.74 Å². The smallest absolute Gasteiger partial charge is 0.261 e. The second-order valence-electron chi connectivity index (χ2n) is 9.84. The first-order valence-electron chi connectivity index (χ1n) is 12.3. The molecule has 3 rings (SSSR count). The van der Waals surface area contributed by atoms with Gasteiger partial charge in [-0.15, -0.1) is 0 Å². The molecule has 0 saturated carbocycles. The molecule has 6 heteroatoms. The highest BCUT2D eigenvalue weighted by Crippen LogP contribution is 2.19. The van der Waals surface area contributed by atoms with Crippen LogP contribution in [-0.4, -0.2) is 34.9 Å². The number of halogens is 1. The van der Waals surface area contributed by atoms with Crippen LogP contribution in [0, 0.1) is 5.82 Å². The van der Waals surface area contributed by atoms with Crippen LogP contribution in [0.4, 0.5) is 4.39 Å². The maximum Gasteiger partial charge on any atom is 0.261 e. The van der Waals surface area contributed by atoms with E-state index >= 15 is 0 Å². The molecule has 0 saturated heterocycles. The zero-order valence-corrected chi connectivity index (χ0v) is 21.5. The number of amides is 2. The van der Waals surface area contributed by atoms with E-state index in [1.165, 1.54) is 11.0 Å². The zero-order valence-electron chi connectivity index (χ0n) is 21.5. The molecule has 3 aromatic rings. The molecule has 0 aromatic heterocycles. The summed E-state index contributed by atoms with van der Waals surface area (Å²) in [5, 5.41) is 2.99. The van der Waals surface area contributed by atoms with Crippen LogP contribution >= 0.6 is 0 Å². The first-order chi connectivity index (χ1) is 17.2. The Morgan fingerprint density at radius 2 is 1.56 bits per heavy atom. The Kier molecular flexibility index (Phi) is 9.23. The summed E-state index contributed by atoms with van der Waals surface area (Å²) in [5.74, 6) is -0.572. The standard InChI is InChI=1S/C30H35FN2O3/c1-5-22-15-17-25(18-16-22)36-21-28(34)33(20-24-13-9-10-14-26(24)31)27(29(35)32-30(2,3)4)19-23-11-7-6-8-12-23/h6-18,27H,5,19-21H2,1-4H3,(H,32,35)/t27-/m1/s1. The van der Waals surface area contributed by atoms with Gasteiger partial charge in [-0.3, -0.25) is 9.59 Å². The van der Waals surface area contributed by atoms with E-state index in [1.807, 2.05) is 75.4 Å². The van der Waals surface area contributed by atoms with Crippen LogP contribution in [0.5, 0.6) is 5.75 Å². The van der Waals surface area contributed by atoms with Gasteiger partial charge in [-0.1, -0.05) is 67.6 Å². The summed E-state index contributed by atoms with van der Waals surface area (Å²) in [7, 11) is 0. The Morgan fingerprint density at radius 1 is 0.917 bits per heavy atom. The lowest BCUT2D eigenvalue weighted by molar-refractivity contribution is -0.143. The molecule has 0 heterocycles. The summed E-state index contributed by atoms with van der Waals surface area (Å²) in [6.45, 7) is 7.39. The molecule has 1 N–H and O–H groups in total. The van der Waals surface area contributed by atoms with Gasteiger partial charge in [-0.25, -0.2) is 4.39 Å². The Balaban J connectivity index is 1.92. The van der Waals surface area contributed by atoms with Crippen molar-refractivity contribution in [3.05, 3.63) is 101 Å². The molecule has 0 aliphatic carbocycles. The van der Waals surface area contributed by atoms with Gasteiger partial charge in [0.05, 0.1) is 0 Å². The number of ether oxygens (including phenoxy) is 1. The average molecular weight is 491 g/mol. The third-order valence-electron chi connectivity index (χ3n) is 5.76. The van der Waals surface area contributed by atoms with Crippen LogP contribution in [0.3, 0.4) is 0 Å². The van der Waals surface area contributed by atoms with E-state index in [1.54, 1.807) is 18.2 Å². The van der Waals surface area contributed by atoms with Gasteiger partial charge in [-0.2, -0.15) is 0 Å². The first kappa shape index (κ1) is 26.9. The molecule has 0 aliphatic rings. The normalized spacial score (nSPS) is 12.0. The molecular formula is C30H35FN2O3. The molecule has 36 heavy (non-hydrogen) atoms. The van der Waals surface area contributed by atoms with Crippen molar-refractivity contribution >= 4 is 11.8 Å². The van der Waals surface area contributed by atoms with E-state index in [0.717, 1.165) is 17.5 Å². The number of aryl methyl sites for hydroxylation is 1. The molecule has 0 bridgehead atoms. The fraction of sp³-hybridized carbons (Fsp3) is 0.333. The largest absolute Gasteiger partial charge is 0.484 e. The quantitative estimate of drug-likeness (QED) is 0.418. The minimum atomic E-state index is -0.857. The van der Waals surface area contributed by atoms with Crippen LogP contribution < -0.4 is 10.1 Å². The topological polar surface area (TPSA) is 58.6 Å². The predicted octanol–water partition coefficient (Wildman–Crippen LogP) is 5.32. The lowest BCUT2D eigenvalue weighted by Crippen LogP contribution is -2.55. The van der Waals surface area contributed by atoms with Gasteiger partial charge >= 0.3 is 0 Å². The van der Waals surface area contributed by atoms with Gasteiger partial charge in [0.2, 0.25) is 5.91 Å². The lowest BCUT2D eigenvalue weighted by atomic mass is 10.0. The molecule has 0 spiro atoms. The van der Waals surface area contributed by atoms with Crippen LogP contribution in [0.15, 0.2) is 78.9 Å². The van der Waals surface area contributed by atoms with Crippen molar-refractivity contribution in [2.24, 2.45) is 0 Å². The average Bonchev–Trinajstić information content (AvgIpc) is 2.85. The van der Waals surface area contributed by atoms with Crippen LogP contribution in [0.2, 0.25) is 0 Å². The van der Waals surface area contributed by atoms with Crippen molar-refractivity contribution in [3.8, 4) is 5.75 Å². The van der Waals surface area contributed by atoms with E-state index in [9.17, 15) is 14.0 Å². The van der Waals surface area contributed by atoms with Crippen molar-refractivity contribution in [2.45, 2.75) is 58.7 Å². The summed E-state index contributed by atoms with van der Waals surface area (Å²) >= 11 is 0. The fourth-order valence-electron chi connectivity index (χ4n) is 3.87. The predicted molar refractivity (Wildman–Crippen MR) is 140 cm³/mol. The Morgan fingerprint density at radius 3 is 2.17 bits per heavy atom. The fourth-order valence-corrected chi connectivity index (χ4v) is 3.87. The summed E-state index contributed by atoms with van der Waals surface area (Å²) in [4.78, 5) is 28.5. The summed E-state index contributed by atoms with van der Waals surface area (Å²) in [5.41, 5.74) is 1.89. The van der Waals surface area contributed by atoms with Crippen molar-refractivity contribution in [3.63, 3.8) is 0 Å². The molecular weight excluding hydrogens is 455 g/mol. The minimum absolute atomic E-state index is 0.0568. The van der Waals surface area contributed by atoms with Crippen molar-refractivity contribution in [2.75, 3.05) is 6.61 Å². The lowest BCUT2D eigenvalue weighted by Gasteiger charge is -2.33. The van der Waals surface area contributed by atoms with E-state index in [0.29, 0.717) is 11.3 Å². The second-order valence-corrected chi connectivity index (χ2v) is 9.84. The monoisotopic (exact) mass is 490 g/mol. The van der Waals surface area contributed by atoms with Gasteiger partial charge in [0.15, 0.2) is 6.61 Å². The molecule has 1 atom stereocenters. The molecule has 2 amide bonds. The third kappa shape index (κ3) is 7.94. The van der Waals surface area contributed by atoms with Crippen LogP contribution in [0.25, 0.3) is 0 Å². The number of rotatable bonds is 10. The molecule has 5 nitrogen and oxygen atoms in total. The summed E-state index contributed by atoms with van der Waals surface area (Å²) < 4.78 is 20.4. The summed E-state index contributed by atoms with van der Waals surface area (Å²) in [6, 6.07) is 22.5. The number of nitrogens with zero attached hydrogens (tertiary/aromatic N) is 1. The highest BCUT2D eigenvalue weighted by atomic mass is 19.1. The van der Waals surface area contributed by atoms with E-state index in [2.05, 4.69) is 12.2 Å². The van der Waals surface area contributed by atoms with Gasteiger partial charge < -0.3 is 15.0 Å². The molecule has 3 aromatic carbocycles. The minimum Gasteiger partial charge on any atom is -0.484 e. The number of carbonyl (C=O) groups excluding carboxylic acids is 2. The van der Waals surface area contributed by atoms with E-state index < -0.39 is 23.3 Å². The maximum atomic E-state index is 14.6. The first-order valence-corrected chi connectivity index (χ1v) is 12.3. The van der Waals surface area contributed by atoms with Crippen LogP contribution in [0.1, 0.15) is 44.4 Å². The molecule has 190 valence electrons. The summed E-state index contributed by atoms with van der Waals surface area (Å²) in [6.07, 6.45) is 1.19.